The molecule has 0 amide bonds. The van der Waals surface area contributed by atoms with E-state index in [9.17, 15) is 13.2 Å². The number of nitrogens with one attached hydrogen (secondary N) is 2. The molecule has 2 heterocycles. The number of H-pyrrole nitrogens is 1. The molecule has 0 radical (unpaired) electrons. The third kappa shape index (κ3) is 3.87. The highest BCUT2D eigenvalue weighted by atomic mass is 19.4. The van der Waals surface area contributed by atoms with Crippen LogP contribution in [0.5, 0.6) is 5.75 Å². The lowest BCUT2D eigenvalue weighted by molar-refractivity contribution is -0.137. The number of aromatic nitrogens is 3. The summed E-state index contributed by atoms with van der Waals surface area (Å²) < 4.78 is 44.1. The Balaban J connectivity index is 1.84. The molecule has 0 atom stereocenters. The summed E-state index contributed by atoms with van der Waals surface area (Å²) >= 11 is 0. The number of aryl methyl sites for hydroxylation is 1. The van der Waals surface area contributed by atoms with Crippen molar-refractivity contribution in [3.05, 3.63) is 65.9 Å². The van der Waals surface area contributed by atoms with E-state index in [-0.39, 0.29) is 0 Å². The molecule has 4 aromatic rings. The molecular formula is C21H17F3N4O. The molecule has 2 aromatic heterocycles. The molecule has 0 saturated carbocycles. The maximum atomic E-state index is 12.9. The minimum atomic E-state index is -4.39. The number of pyridine rings is 1. The van der Waals surface area contributed by atoms with Crippen LogP contribution in [0.25, 0.3) is 22.0 Å². The van der Waals surface area contributed by atoms with Gasteiger partial charge in [-0.15, -0.1) is 0 Å². The quantitative estimate of drug-likeness (QED) is 0.463. The second-order valence-corrected chi connectivity index (χ2v) is 6.58. The molecule has 0 aliphatic heterocycles. The normalized spacial score (nSPS) is 11.6. The Labute approximate surface area is 164 Å². The van der Waals surface area contributed by atoms with Crippen molar-refractivity contribution in [1.29, 1.82) is 0 Å². The summed E-state index contributed by atoms with van der Waals surface area (Å²) in [5.41, 5.74) is 1.33. The van der Waals surface area contributed by atoms with Gasteiger partial charge in [0, 0.05) is 22.7 Å². The molecule has 0 aliphatic rings. The van der Waals surface area contributed by atoms with Crippen LogP contribution in [0.2, 0.25) is 0 Å². The van der Waals surface area contributed by atoms with E-state index < -0.39 is 11.7 Å². The van der Waals surface area contributed by atoms with Gasteiger partial charge in [-0.05, 0) is 48.7 Å². The summed E-state index contributed by atoms with van der Waals surface area (Å²) in [6.45, 7) is 1.88. The van der Waals surface area contributed by atoms with Crippen LogP contribution >= 0.6 is 0 Å². The van der Waals surface area contributed by atoms with Crippen molar-refractivity contribution < 1.29 is 17.9 Å². The number of alkyl halides is 3. The van der Waals surface area contributed by atoms with Crippen molar-refractivity contribution in [2.45, 2.75) is 13.1 Å². The summed E-state index contributed by atoms with van der Waals surface area (Å²) in [6, 6.07) is 14.1. The Bertz CT molecular complexity index is 1170. The zero-order chi connectivity index (χ0) is 20.6. The number of rotatable bonds is 4. The predicted octanol–water partition coefficient (Wildman–Crippen LogP) is 5.70. The fourth-order valence-electron chi connectivity index (χ4n) is 3.08. The maximum absolute atomic E-state index is 12.9. The van der Waals surface area contributed by atoms with Gasteiger partial charge in [-0.3, -0.25) is 5.10 Å². The minimum absolute atomic E-state index is 0.521. The highest BCUT2D eigenvalue weighted by Gasteiger charge is 2.30. The first-order valence-electron chi connectivity index (χ1n) is 8.79. The lowest BCUT2D eigenvalue weighted by Gasteiger charge is -2.12. The third-order valence-corrected chi connectivity index (χ3v) is 4.49. The molecule has 0 fully saturated rings. The van der Waals surface area contributed by atoms with Crippen molar-refractivity contribution in [1.82, 2.24) is 15.2 Å². The number of benzene rings is 2. The molecule has 148 valence electrons. The van der Waals surface area contributed by atoms with Crippen LogP contribution < -0.4 is 10.1 Å². The van der Waals surface area contributed by atoms with Crippen LogP contribution in [0, 0.1) is 6.92 Å². The van der Waals surface area contributed by atoms with E-state index in [1.165, 1.54) is 12.1 Å². The topological polar surface area (TPSA) is 62.8 Å². The van der Waals surface area contributed by atoms with Crippen LogP contribution in [-0.4, -0.2) is 22.3 Å². The highest BCUT2D eigenvalue weighted by molar-refractivity contribution is 5.97. The van der Waals surface area contributed by atoms with Gasteiger partial charge in [-0.2, -0.15) is 18.3 Å². The standard InChI is InChI=1S/C21H17F3N4O/c1-12-9-19(28-27-12)25-18-11-14-10-16(29-2)7-8-17(14)20(26-18)13-3-5-15(6-4-13)21(22,23)24/h3-11H,1-2H3,(H2,25,26,27,28). The van der Waals surface area contributed by atoms with Crippen LogP contribution in [0.15, 0.2) is 54.6 Å². The average Bonchev–Trinajstić information content (AvgIpc) is 3.11. The Morgan fingerprint density at radius 2 is 1.72 bits per heavy atom. The maximum Gasteiger partial charge on any atom is 0.416 e. The van der Waals surface area contributed by atoms with Crippen molar-refractivity contribution in [3.8, 4) is 17.0 Å². The van der Waals surface area contributed by atoms with Gasteiger partial charge in [0.2, 0.25) is 0 Å². The summed E-state index contributed by atoms with van der Waals surface area (Å²) in [7, 11) is 1.57. The molecule has 29 heavy (non-hydrogen) atoms. The summed E-state index contributed by atoms with van der Waals surface area (Å²) in [5, 5.41) is 11.7. The molecule has 0 saturated heterocycles. The zero-order valence-corrected chi connectivity index (χ0v) is 15.6. The Morgan fingerprint density at radius 3 is 2.34 bits per heavy atom. The zero-order valence-electron chi connectivity index (χ0n) is 15.6. The first kappa shape index (κ1) is 18.8. The number of halogens is 3. The van der Waals surface area contributed by atoms with Gasteiger partial charge in [0.15, 0.2) is 5.82 Å². The van der Waals surface area contributed by atoms with Gasteiger partial charge in [0.25, 0.3) is 0 Å². The molecule has 4 rings (SSSR count). The van der Waals surface area contributed by atoms with E-state index in [0.717, 1.165) is 28.6 Å². The van der Waals surface area contributed by atoms with Crippen molar-refractivity contribution in [2.24, 2.45) is 0 Å². The van der Waals surface area contributed by atoms with Crippen LogP contribution in [0.4, 0.5) is 24.8 Å². The predicted molar refractivity (Wildman–Crippen MR) is 105 cm³/mol. The molecule has 0 aliphatic carbocycles. The second-order valence-electron chi connectivity index (χ2n) is 6.58. The largest absolute Gasteiger partial charge is 0.497 e. The van der Waals surface area contributed by atoms with Crippen LogP contribution in [-0.2, 0) is 6.18 Å². The van der Waals surface area contributed by atoms with E-state index in [4.69, 9.17) is 4.74 Å². The fourth-order valence-corrected chi connectivity index (χ4v) is 3.08. The number of nitrogens with zero attached hydrogens (tertiary/aromatic N) is 2. The fraction of sp³-hybridized carbons (Fsp3) is 0.143. The van der Waals surface area contributed by atoms with Gasteiger partial charge in [-0.25, -0.2) is 4.98 Å². The van der Waals surface area contributed by atoms with E-state index in [1.54, 1.807) is 13.2 Å². The molecule has 2 aromatic carbocycles. The number of aromatic amines is 1. The lowest BCUT2D eigenvalue weighted by atomic mass is 10.0. The summed E-state index contributed by atoms with van der Waals surface area (Å²) in [6.07, 6.45) is -4.39. The van der Waals surface area contributed by atoms with Crippen LogP contribution in [0.3, 0.4) is 0 Å². The van der Waals surface area contributed by atoms with Gasteiger partial charge in [0.05, 0.1) is 18.4 Å². The van der Waals surface area contributed by atoms with Gasteiger partial charge < -0.3 is 10.1 Å². The SMILES string of the molecule is COc1ccc2c(-c3ccc(C(F)(F)F)cc3)nc(Nc3cc(C)[nH]n3)cc2c1. The number of methoxy groups -OCH3 is 1. The molecule has 2 N–H and O–H groups in total. The average molecular weight is 398 g/mol. The summed E-state index contributed by atoms with van der Waals surface area (Å²) in [5.74, 6) is 1.78. The number of anilines is 2. The van der Waals surface area contributed by atoms with Gasteiger partial charge in [-0.1, -0.05) is 12.1 Å². The second kappa shape index (κ2) is 7.12. The van der Waals surface area contributed by atoms with E-state index in [2.05, 4.69) is 20.5 Å². The number of hydrogen-bond acceptors (Lipinski definition) is 4. The molecule has 0 spiro atoms. The number of fused-ring (bicyclic) bond motifs is 1. The van der Waals surface area contributed by atoms with Crippen molar-refractivity contribution in [2.75, 3.05) is 12.4 Å². The molecule has 0 unspecified atom stereocenters. The molecular weight excluding hydrogens is 381 g/mol. The van der Waals surface area contributed by atoms with E-state index >= 15 is 0 Å². The Hall–Kier alpha value is -3.55. The Morgan fingerprint density at radius 1 is 0.966 bits per heavy atom. The Kier molecular flexibility index (Phi) is 4.62. The van der Waals surface area contributed by atoms with Gasteiger partial charge >= 0.3 is 6.18 Å². The molecule has 8 heteroatoms. The van der Waals surface area contributed by atoms with E-state index in [0.29, 0.717) is 28.6 Å². The molecule has 0 bridgehead atoms. The first-order chi connectivity index (χ1) is 13.8. The van der Waals surface area contributed by atoms with Gasteiger partial charge in [0.1, 0.15) is 11.6 Å². The summed E-state index contributed by atoms with van der Waals surface area (Å²) in [4.78, 5) is 4.64. The first-order valence-corrected chi connectivity index (χ1v) is 8.79. The third-order valence-electron chi connectivity index (χ3n) is 4.49. The number of hydrogen-bond donors (Lipinski definition) is 2. The lowest BCUT2D eigenvalue weighted by Crippen LogP contribution is -2.04. The molecule has 5 nitrogen and oxygen atoms in total. The van der Waals surface area contributed by atoms with Crippen LogP contribution in [0.1, 0.15) is 11.3 Å². The van der Waals surface area contributed by atoms with Crippen molar-refractivity contribution in [3.63, 3.8) is 0 Å². The minimum Gasteiger partial charge on any atom is -0.497 e. The van der Waals surface area contributed by atoms with E-state index in [1.807, 2.05) is 31.2 Å². The smallest absolute Gasteiger partial charge is 0.416 e. The van der Waals surface area contributed by atoms with Crippen molar-refractivity contribution >= 4 is 22.4 Å². The monoisotopic (exact) mass is 398 g/mol. The highest BCUT2D eigenvalue weighted by Crippen LogP contribution is 2.35. The number of ether oxygens (including phenoxy) is 1.